The monoisotopic (exact) mass is 420 g/mol. The number of rotatable bonds is 4. The van der Waals surface area contributed by atoms with E-state index in [-0.39, 0.29) is 24.8 Å². The molecule has 8 heteroatoms. The number of aromatic nitrogens is 2. The number of thiophene rings is 1. The van der Waals surface area contributed by atoms with Gasteiger partial charge in [-0.15, -0.1) is 11.3 Å². The molecule has 29 heavy (non-hydrogen) atoms. The van der Waals surface area contributed by atoms with Crippen molar-refractivity contribution in [1.82, 2.24) is 9.13 Å². The summed E-state index contributed by atoms with van der Waals surface area (Å²) < 4.78 is 13.7. The first-order chi connectivity index (χ1) is 13.8. The summed E-state index contributed by atoms with van der Waals surface area (Å²) in [6.45, 7) is 6.28. The summed E-state index contributed by atoms with van der Waals surface area (Å²) in [5.74, 6) is -0.459. The summed E-state index contributed by atoms with van der Waals surface area (Å²) in [4.78, 5) is 41.0. The Labute approximate surface area is 173 Å². The van der Waals surface area contributed by atoms with Crippen LogP contribution in [0.3, 0.4) is 0 Å². The van der Waals surface area contributed by atoms with Gasteiger partial charge in [-0.1, -0.05) is 0 Å². The Morgan fingerprint density at radius 2 is 2.03 bits per heavy atom. The Hall–Kier alpha value is -1.93. The van der Waals surface area contributed by atoms with E-state index in [4.69, 9.17) is 9.47 Å². The van der Waals surface area contributed by atoms with Crippen molar-refractivity contribution in [2.45, 2.75) is 77.5 Å². The third-order valence-electron chi connectivity index (χ3n) is 5.90. The maximum absolute atomic E-state index is 13.6. The van der Waals surface area contributed by atoms with Crippen molar-refractivity contribution in [3.8, 4) is 0 Å². The fraction of sp³-hybridized carbons (Fsp3) is 0.667. The number of hydrogen-bond acceptors (Lipinski definition) is 6. The van der Waals surface area contributed by atoms with Crippen molar-refractivity contribution in [3.63, 3.8) is 0 Å². The first kappa shape index (κ1) is 20.3. The molecule has 1 atom stereocenters. The molecule has 0 unspecified atom stereocenters. The molecule has 0 saturated carbocycles. The van der Waals surface area contributed by atoms with Gasteiger partial charge in [-0.25, -0.2) is 4.79 Å². The van der Waals surface area contributed by atoms with Crippen LogP contribution >= 0.6 is 11.3 Å². The van der Waals surface area contributed by atoms with Crippen LogP contribution in [0.1, 0.15) is 62.9 Å². The van der Waals surface area contributed by atoms with Crippen LogP contribution in [0.5, 0.6) is 0 Å². The highest BCUT2D eigenvalue weighted by Crippen LogP contribution is 2.35. The first-order valence-corrected chi connectivity index (χ1v) is 11.2. The molecular weight excluding hydrogens is 392 g/mol. The number of carbonyl (C=O) groups is 1. The van der Waals surface area contributed by atoms with E-state index in [2.05, 4.69) is 0 Å². The topological polar surface area (TPSA) is 79.5 Å². The number of aryl methyl sites for hydroxylation is 2. The molecule has 7 nitrogen and oxygen atoms in total. The van der Waals surface area contributed by atoms with Gasteiger partial charge >= 0.3 is 11.7 Å². The molecule has 0 aromatic carbocycles. The van der Waals surface area contributed by atoms with Crippen molar-refractivity contribution >= 4 is 27.5 Å². The number of esters is 1. The number of nitrogens with zero attached hydrogens (tertiary/aromatic N) is 2. The molecule has 0 radical (unpaired) electrons. The second-order valence-corrected chi connectivity index (χ2v) is 9.58. The summed E-state index contributed by atoms with van der Waals surface area (Å²) in [7, 11) is 0. The van der Waals surface area contributed by atoms with Crippen LogP contribution < -0.4 is 11.2 Å². The first-order valence-electron chi connectivity index (χ1n) is 10.4. The van der Waals surface area contributed by atoms with E-state index in [9.17, 15) is 14.4 Å². The highest BCUT2D eigenvalue weighted by Gasteiger charge is 2.33. The second kappa shape index (κ2) is 7.72. The third kappa shape index (κ3) is 3.68. The van der Waals surface area contributed by atoms with Gasteiger partial charge in [-0.2, -0.15) is 0 Å². The molecule has 1 aliphatic heterocycles. The summed E-state index contributed by atoms with van der Waals surface area (Å²) in [6.07, 6.45) is 5.09. The van der Waals surface area contributed by atoms with Crippen LogP contribution in [0, 0.1) is 0 Å². The Balaban J connectivity index is 1.94. The highest BCUT2D eigenvalue weighted by molar-refractivity contribution is 7.18. The molecule has 1 fully saturated rings. The minimum absolute atomic E-state index is 0.171. The van der Waals surface area contributed by atoms with Crippen molar-refractivity contribution in [2.75, 3.05) is 13.2 Å². The Morgan fingerprint density at radius 3 is 2.76 bits per heavy atom. The fourth-order valence-electron chi connectivity index (χ4n) is 4.60. The van der Waals surface area contributed by atoms with Crippen LogP contribution in [0.2, 0.25) is 0 Å². The smallest absolute Gasteiger partial charge is 0.332 e. The van der Waals surface area contributed by atoms with E-state index in [0.717, 1.165) is 31.2 Å². The third-order valence-corrected chi connectivity index (χ3v) is 7.21. The lowest BCUT2D eigenvalue weighted by atomic mass is 9.93. The van der Waals surface area contributed by atoms with Gasteiger partial charge in [0, 0.05) is 17.5 Å². The predicted molar refractivity (Wildman–Crippen MR) is 112 cm³/mol. The molecule has 2 aromatic heterocycles. The zero-order valence-electron chi connectivity index (χ0n) is 17.3. The van der Waals surface area contributed by atoms with E-state index in [0.29, 0.717) is 29.7 Å². The standard InChI is InChI=1S/C21H28N2O5S/c1-4-27-16(24)12-22-19-17(14-7-5-6-8-15(14)29-19)18(25)23(20(22)26)13-9-10-28-21(2,3)11-13/h13H,4-12H2,1-3H3/t13-/m0/s1. The summed E-state index contributed by atoms with van der Waals surface area (Å²) in [5.41, 5.74) is 0.0343. The summed E-state index contributed by atoms with van der Waals surface area (Å²) >= 11 is 1.49. The van der Waals surface area contributed by atoms with E-state index < -0.39 is 17.3 Å². The lowest BCUT2D eigenvalue weighted by molar-refractivity contribution is -0.143. The van der Waals surface area contributed by atoms with Gasteiger partial charge in [0.25, 0.3) is 5.56 Å². The SMILES string of the molecule is CCOC(=O)Cn1c(=O)n([C@H]2CCOC(C)(C)C2)c(=O)c2c3c(sc21)CCCC3. The van der Waals surface area contributed by atoms with Crippen LogP contribution in [0.4, 0.5) is 0 Å². The number of carbonyl (C=O) groups excluding carboxylic acids is 1. The van der Waals surface area contributed by atoms with Crippen LogP contribution in [0.15, 0.2) is 9.59 Å². The molecule has 0 N–H and O–H groups in total. The van der Waals surface area contributed by atoms with E-state index in [1.165, 1.54) is 25.3 Å². The minimum Gasteiger partial charge on any atom is -0.465 e. The van der Waals surface area contributed by atoms with Gasteiger partial charge in [0.15, 0.2) is 0 Å². The molecule has 4 rings (SSSR count). The molecule has 0 bridgehead atoms. The molecule has 2 aliphatic rings. The maximum atomic E-state index is 13.6. The zero-order chi connectivity index (χ0) is 20.8. The Morgan fingerprint density at radius 1 is 1.28 bits per heavy atom. The van der Waals surface area contributed by atoms with Gasteiger partial charge < -0.3 is 9.47 Å². The van der Waals surface area contributed by atoms with Gasteiger partial charge in [-0.3, -0.25) is 18.7 Å². The van der Waals surface area contributed by atoms with E-state index in [1.54, 1.807) is 6.92 Å². The van der Waals surface area contributed by atoms with Crippen molar-refractivity contribution in [1.29, 1.82) is 0 Å². The van der Waals surface area contributed by atoms with Gasteiger partial charge in [-0.05, 0) is 64.9 Å². The second-order valence-electron chi connectivity index (χ2n) is 8.49. The van der Waals surface area contributed by atoms with Crippen LogP contribution in [0.25, 0.3) is 10.2 Å². The maximum Gasteiger partial charge on any atom is 0.332 e. The van der Waals surface area contributed by atoms with Gasteiger partial charge in [0.05, 0.1) is 17.6 Å². The lowest BCUT2D eigenvalue weighted by Gasteiger charge is -2.36. The van der Waals surface area contributed by atoms with E-state index >= 15 is 0 Å². The zero-order valence-corrected chi connectivity index (χ0v) is 18.1. The van der Waals surface area contributed by atoms with Crippen LogP contribution in [-0.4, -0.2) is 33.9 Å². The molecule has 0 spiro atoms. The molecule has 3 heterocycles. The quantitative estimate of drug-likeness (QED) is 0.711. The fourth-order valence-corrected chi connectivity index (χ4v) is 5.98. The van der Waals surface area contributed by atoms with Gasteiger partial charge in [0.2, 0.25) is 0 Å². The Bertz CT molecular complexity index is 1060. The van der Waals surface area contributed by atoms with Crippen molar-refractivity contribution in [3.05, 3.63) is 31.3 Å². The van der Waals surface area contributed by atoms with Crippen LogP contribution in [-0.2, 0) is 33.7 Å². The number of hydrogen-bond donors (Lipinski definition) is 0. The van der Waals surface area contributed by atoms with Gasteiger partial charge in [0.1, 0.15) is 11.4 Å². The molecule has 1 aliphatic carbocycles. The molecule has 158 valence electrons. The average molecular weight is 421 g/mol. The van der Waals surface area contributed by atoms with E-state index in [1.807, 2.05) is 13.8 Å². The Kier molecular flexibility index (Phi) is 5.42. The van der Waals surface area contributed by atoms with Crippen molar-refractivity contribution < 1.29 is 14.3 Å². The largest absolute Gasteiger partial charge is 0.465 e. The number of fused-ring (bicyclic) bond motifs is 3. The average Bonchev–Trinajstić information content (AvgIpc) is 3.04. The predicted octanol–water partition coefficient (Wildman–Crippen LogP) is 2.80. The van der Waals surface area contributed by atoms with Crippen molar-refractivity contribution in [2.24, 2.45) is 0 Å². The summed E-state index contributed by atoms with van der Waals surface area (Å²) in [6, 6.07) is -0.240. The summed E-state index contributed by atoms with van der Waals surface area (Å²) in [5, 5.41) is 0.623. The molecular formula is C21H28N2O5S. The normalized spacial score (nSPS) is 21.1. The molecule has 1 saturated heterocycles. The minimum atomic E-state index is -0.459. The molecule has 0 amide bonds. The molecule has 2 aromatic rings. The number of ether oxygens (including phenoxy) is 2. The highest BCUT2D eigenvalue weighted by atomic mass is 32.1. The lowest BCUT2D eigenvalue weighted by Crippen LogP contribution is -2.47.